The molecule has 0 saturated carbocycles. The predicted molar refractivity (Wildman–Crippen MR) is 123 cm³/mol. The molecule has 5 rings (SSSR count). The normalized spacial score (nSPS) is 16.3. The Balaban J connectivity index is 1.32. The van der Waals surface area contributed by atoms with Crippen molar-refractivity contribution in [3.8, 4) is 5.75 Å². The molecule has 0 radical (unpaired) electrons. The van der Waals surface area contributed by atoms with Gasteiger partial charge in [-0.15, -0.1) is 0 Å². The Labute approximate surface area is 191 Å². The maximum atomic E-state index is 13.7. The summed E-state index contributed by atoms with van der Waals surface area (Å²) in [6.45, 7) is 3.06. The number of amides is 1. The van der Waals surface area contributed by atoms with E-state index in [1.54, 1.807) is 19.4 Å². The van der Waals surface area contributed by atoms with E-state index in [9.17, 15) is 9.18 Å². The number of aryl methyl sites for hydroxylation is 1. The molecule has 1 atom stereocenters. The maximum Gasteiger partial charge on any atom is 0.270 e. The third-order valence-corrected chi connectivity index (χ3v) is 6.42. The average molecular weight is 448 g/mol. The Morgan fingerprint density at radius 3 is 3.00 bits per heavy atom. The van der Waals surface area contributed by atoms with Crippen LogP contribution in [-0.2, 0) is 6.42 Å². The van der Waals surface area contributed by atoms with E-state index in [0.29, 0.717) is 31.1 Å². The van der Waals surface area contributed by atoms with Crippen molar-refractivity contribution in [3.63, 3.8) is 0 Å². The molecule has 0 spiro atoms. The molecule has 3 heterocycles. The highest BCUT2D eigenvalue weighted by Crippen LogP contribution is 2.30. The van der Waals surface area contributed by atoms with E-state index in [4.69, 9.17) is 9.15 Å². The van der Waals surface area contributed by atoms with Crippen LogP contribution in [0.25, 0.3) is 10.9 Å². The monoisotopic (exact) mass is 447 g/mol. The first-order valence-corrected chi connectivity index (χ1v) is 11.2. The number of halogens is 1. The lowest BCUT2D eigenvalue weighted by atomic mass is 9.97. The highest BCUT2D eigenvalue weighted by molar-refractivity contribution is 6.01. The van der Waals surface area contributed by atoms with Crippen LogP contribution in [0.1, 0.15) is 52.0 Å². The number of nitrogens with zero attached hydrogens (tertiary/aromatic N) is 2. The van der Waals surface area contributed by atoms with E-state index in [0.717, 1.165) is 46.4 Å². The number of hydrogen-bond donors (Lipinski definition) is 1. The van der Waals surface area contributed by atoms with Crippen molar-refractivity contribution in [1.82, 2.24) is 14.9 Å². The number of hydrogen-bond acceptors (Lipinski definition) is 4. The number of fused-ring (bicyclic) bond motifs is 1. The van der Waals surface area contributed by atoms with Crippen molar-refractivity contribution < 1.29 is 18.3 Å². The fraction of sp³-hybridized carbons (Fsp3) is 0.308. The van der Waals surface area contributed by atoms with Gasteiger partial charge < -0.3 is 19.0 Å². The van der Waals surface area contributed by atoms with Crippen molar-refractivity contribution >= 4 is 16.8 Å². The Kier molecular flexibility index (Phi) is 5.62. The first kappa shape index (κ1) is 21.2. The summed E-state index contributed by atoms with van der Waals surface area (Å²) in [7, 11) is 1.66. The summed E-state index contributed by atoms with van der Waals surface area (Å²) in [6.07, 6.45) is 4.14. The van der Waals surface area contributed by atoms with Crippen LogP contribution in [-0.4, -0.2) is 41.0 Å². The van der Waals surface area contributed by atoms with Crippen molar-refractivity contribution in [2.45, 2.75) is 32.1 Å². The molecule has 1 saturated heterocycles. The summed E-state index contributed by atoms with van der Waals surface area (Å²) in [6, 6.07) is 12.4. The number of piperidine rings is 1. The van der Waals surface area contributed by atoms with Gasteiger partial charge in [-0.3, -0.25) is 4.79 Å². The molecule has 33 heavy (non-hydrogen) atoms. The molecule has 0 bridgehead atoms. The molecule has 4 aromatic rings. The summed E-state index contributed by atoms with van der Waals surface area (Å²) in [5.41, 5.74) is 3.08. The molecule has 1 fully saturated rings. The van der Waals surface area contributed by atoms with Crippen LogP contribution in [0.15, 0.2) is 53.1 Å². The molecule has 6 nitrogen and oxygen atoms in total. The lowest BCUT2D eigenvalue weighted by Crippen LogP contribution is -2.39. The number of H-pyrrole nitrogens is 1. The van der Waals surface area contributed by atoms with Crippen LogP contribution in [0, 0.1) is 12.7 Å². The molecule has 1 N–H and O–H groups in total. The largest absolute Gasteiger partial charge is 0.496 e. The summed E-state index contributed by atoms with van der Waals surface area (Å²) in [5, 5.41) is 0.737. The van der Waals surface area contributed by atoms with Crippen LogP contribution < -0.4 is 4.74 Å². The van der Waals surface area contributed by atoms with Gasteiger partial charge in [0.05, 0.1) is 19.2 Å². The Morgan fingerprint density at radius 2 is 2.15 bits per heavy atom. The van der Waals surface area contributed by atoms with E-state index in [2.05, 4.69) is 9.97 Å². The lowest BCUT2D eigenvalue weighted by molar-refractivity contribution is 0.0692. The van der Waals surface area contributed by atoms with Crippen molar-refractivity contribution in [3.05, 3.63) is 83.0 Å². The van der Waals surface area contributed by atoms with Crippen LogP contribution in [0.3, 0.4) is 0 Å². The second-order valence-electron chi connectivity index (χ2n) is 8.56. The number of rotatable bonds is 5. The first-order valence-electron chi connectivity index (χ1n) is 11.2. The van der Waals surface area contributed by atoms with Crippen LogP contribution >= 0.6 is 0 Å². The molecule has 1 aliphatic rings. The zero-order valence-corrected chi connectivity index (χ0v) is 18.7. The zero-order chi connectivity index (χ0) is 22.9. The third-order valence-electron chi connectivity index (χ3n) is 6.42. The maximum absolute atomic E-state index is 13.7. The van der Waals surface area contributed by atoms with Gasteiger partial charge in [0.2, 0.25) is 0 Å². The van der Waals surface area contributed by atoms with E-state index in [1.807, 2.05) is 36.1 Å². The third kappa shape index (κ3) is 4.11. The van der Waals surface area contributed by atoms with Crippen molar-refractivity contribution in [2.75, 3.05) is 20.2 Å². The number of para-hydroxylation sites is 1. The van der Waals surface area contributed by atoms with Gasteiger partial charge in [-0.2, -0.15) is 0 Å². The second kappa shape index (κ2) is 8.73. The number of ether oxygens (including phenoxy) is 1. The van der Waals surface area contributed by atoms with Gasteiger partial charge in [-0.1, -0.05) is 18.2 Å². The summed E-state index contributed by atoms with van der Waals surface area (Å²) < 4.78 is 25.2. The van der Waals surface area contributed by atoms with Gasteiger partial charge in [-0.05, 0) is 49.6 Å². The molecule has 2 aromatic heterocycles. The molecule has 1 aliphatic heterocycles. The minimum Gasteiger partial charge on any atom is -0.496 e. The summed E-state index contributed by atoms with van der Waals surface area (Å²) in [4.78, 5) is 22.8. The quantitative estimate of drug-likeness (QED) is 0.455. The number of methoxy groups -OCH3 is 1. The predicted octanol–water partition coefficient (Wildman–Crippen LogP) is 5.22. The molecule has 7 heteroatoms. The Bertz CT molecular complexity index is 1310. The average Bonchev–Trinajstić information content (AvgIpc) is 3.44. The van der Waals surface area contributed by atoms with E-state index in [1.165, 1.54) is 12.1 Å². The second-order valence-corrected chi connectivity index (χ2v) is 8.56. The molecule has 170 valence electrons. The van der Waals surface area contributed by atoms with Crippen LogP contribution in [0.4, 0.5) is 4.39 Å². The summed E-state index contributed by atoms with van der Waals surface area (Å²) in [5.74, 6) is 1.90. The number of carbonyl (C=O) groups excluding carboxylic acids is 1. The SMILES string of the molecule is COc1ccccc1Cc1cnc([C@H]2CCCN(C(=O)c3[nH]c4ccc(F)cc4c3C)C2)o1. The van der Waals surface area contributed by atoms with E-state index < -0.39 is 0 Å². The fourth-order valence-corrected chi connectivity index (χ4v) is 4.66. The number of aromatic nitrogens is 2. The van der Waals surface area contributed by atoms with Crippen molar-refractivity contribution in [1.29, 1.82) is 0 Å². The molecule has 1 amide bonds. The zero-order valence-electron chi connectivity index (χ0n) is 18.7. The fourth-order valence-electron chi connectivity index (χ4n) is 4.66. The van der Waals surface area contributed by atoms with Gasteiger partial charge >= 0.3 is 0 Å². The minimum absolute atomic E-state index is 0.0382. The van der Waals surface area contributed by atoms with Crippen LogP contribution in [0.2, 0.25) is 0 Å². The van der Waals surface area contributed by atoms with Crippen molar-refractivity contribution in [2.24, 2.45) is 0 Å². The van der Waals surface area contributed by atoms with Gasteiger partial charge in [0.1, 0.15) is 23.0 Å². The number of aromatic amines is 1. The molecule has 2 aromatic carbocycles. The lowest BCUT2D eigenvalue weighted by Gasteiger charge is -2.31. The Morgan fingerprint density at radius 1 is 1.30 bits per heavy atom. The first-order chi connectivity index (χ1) is 16.0. The number of benzene rings is 2. The molecular formula is C26H26FN3O3. The number of oxazole rings is 1. The summed E-state index contributed by atoms with van der Waals surface area (Å²) >= 11 is 0. The topological polar surface area (TPSA) is 71.4 Å². The number of carbonyl (C=O) groups is 1. The Hall–Kier alpha value is -3.61. The van der Waals surface area contributed by atoms with E-state index in [-0.39, 0.29) is 17.6 Å². The number of nitrogens with one attached hydrogen (secondary N) is 1. The van der Waals surface area contributed by atoms with Gasteiger partial charge in [0, 0.05) is 36.0 Å². The van der Waals surface area contributed by atoms with Crippen LogP contribution in [0.5, 0.6) is 5.75 Å². The smallest absolute Gasteiger partial charge is 0.270 e. The highest BCUT2D eigenvalue weighted by Gasteiger charge is 2.30. The standard InChI is InChI=1S/C26H26FN3O3/c1-16-21-13-19(27)9-10-22(21)29-24(16)26(31)30-11-5-7-18(15-30)25-28-14-20(33-25)12-17-6-3-4-8-23(17)32-2/h3-4,6,8-10,13-14,18,29H,5,7,11-12,15H2,1-2H3/t18-/m0/s1. The molecule has 0 aliphatic carbocycles. The van der Waals surface area contributed by atoms with Gasteiger partial charge in [0.15, 0.2) is 5.89 Å². The van der Waals surface area contributed by atoms with E-state index >= 15 is 0 Å². The number of likely N-dealkylation sites (tertiary alicyclic amines) is 1. The highest BCUT2D eigenvalue weighted by atomic mass is 19.1. The molecular weight excluding hydrogens is 421 g/mol. The molecule has 0 unspecified atom stereocenters. The van der Waals surface area contributed by atoms with Gasteiger partial charge in [0.25, 0.3) is 5.91 Å². The minimum atomic E-state index is -0.311. The van der Waals surface area contributed by atoms with Gasteiger partial charge in [-0.25, -0.2) is 9.37 Å².